The second kappa shape index (κ2) is 9.31. The van der Waals surface area contributed by atoms with Gasteiger partial charge in [0.05, 0.1) is 19.2 Å². The van der Waals surface area contributed by atoms with Gasteiger partial charge in [-0.05, 0) is 49.4 Å². The molecule has 0 aliphatic heterocycles. The lowest BCUT2D eigenvalue weighted by atomic mass is 9.96. The zero-order chi connectivity index (χ0) is 25.4. The summed E-state index contributed by atoms with van der Waals surface area (Å²) >= 11 is 1.30. The minimum atomic E-state index is -0.467. The Bertz CT molecular complexity index is 1580. The average molecular weight is 500 g/mol. The largest absolute Gasteiger partial charge is 0.346 e. The fourth-order valence-electron chi connectivity index (χ4n) is 4.51. The average Bonchev–Trinajstić information content (AvgIpc) is 3.61. The lowest BCUT2D eigenvalue weighted by Gasteiger charge is -2.16. The Hall–Kier alpha value is -4.43. The minimum absolute atomic E-state index is 0.0184. The third kappa shape index (κ3) is 4.23. The molecule has 5 rings (SSSR count). The summed E-state index contributed by atoms with van der Waals surface area (Å²) in [5.41, 5.74) is 3.90. The molecule has 11 heteroatoms. The molecule has 0 saturated carbocycles. The summed E-state index contributed by atoms with van der Waals surface area (Å²) in [6, 6.07) is 8.35. The number of thiophene rings is 1. The predicted octanol–water partition coefficient (Wildman–Crippen LogP) is 3.59. The molecule has 1 atom stereocenters. The van der Waals surface area contributed by atoms with Gasteiger partial charge in [-0.25, -0.2) is 9.83 Å². The van der Waals surface area contributed by atoms with Crippen molar-refractivity contribution < 1.29 is 14.4 Å². The first kappa shape index (κ1) is 23.3. The first-order valence-electron chi connectivity index (χ1n) is 11.2. The molecule has 3 aromatic heterocycles. The summed E-state index contributed by atoms with van der Waals surface area (Å²) in [7, 11) is 0. The van der Waals surface area contributed by atoms with Crippen molar-refractivity contribution in [3.05, 3.63) is 86.6 Å². The number of amides is 2. The van der Waals surface area contributed by atoms with E-state index in [0.717, 1.165) is 28.0 Å². The highest BCUT2D eigenvalue weighted by molar-refractivity contribution is 7.16. The molecule has 1 aliphatic rings. The van der Waals surface area contributed by atoms with E-state index in [1.54, 1.807) is 25.1 Å². The minimum Gasteiger partial charge on any atom is -0.346 e. The fourth-order valence-corrected chi connectivity index (χ4v) is 5.24. The van der Waals surface area contributed by atoms with E-state index in [4.69, 9.17) is 6.57 Å². The molecule has 0 fully saturated rings. The molecular formula is C25H21N7O3S. The molecule has 0 saturated heterocycles. The van der Waals surface area contributed by atoms with Crippen LogP contribution in [0.4, 0.5) is 5.00 Å². The van der Waals surface area contributed by atoms with E-state index in [1.807, 2.05) is 13.0 Å². The van der Waals surface area contributed by atoms with E-state index in [1.165, 1.54) is 28.2 Å². The second-order valence-corrected chi connectivity index (χ2v) is 9.61. The number of ketones is 1. The van der Waals surface area contributed by atoms with Gasteiger partial charge in [0.25, 0.3) is 17.6 Å². The number of rotatable bonds is 6. The van der Waals surface area contributed by atoms with Gasteiger partial charge >= 0.3 is 0 Å². The number of carbonyl (C=O) groups excluding carboxylic acids is 3. The Morgan fingerprint density at radius 2 is 2.06 bits per heavy atom. The molecule has 10 nitrogen and oxygen atoms in total. The Kier molecular flexibility index (Phi) is 6.03. The van der Waals surface area contributed by atoms with Crippen molar-refractivity contribution in [3.8, 4) is 0 Å². The van der Waals surface area contributed by atoms with Gasteiger partial charge in [0.15, 0.2) is 5.78 Å². The standard InChI is InChI=1S/C25H21N7O3S/c1-13-16(14(2)33)5-6-18-17(13)7-8-19(18)30-24(35)21-10-20(31-25-28-12-29-32(21)25)23(34)27-11-15-4-9-22(26-3)36-15/h4-6,9-10,12,19H,7-8,11H2,1-2H3,(H,27,34)(H,30,35)/t19-/m0/s1. The fraction of sp³-hybridized carbons (Fsp3) is 0.240. The molecule has 36 heavy (non-hydrogen) atoms. The normalized spacial score (nSPS) is 14.3. The van der Waals surface area contributed by atoms with Crippen molar-refractivity contribution in [3.63, 3.8) is 0 Å². The van der Waals surface area contributed by atoms with Crippen LogP contribution in [0.2, 0.25) is 0 Å². The molecule has 1 aromatic carbocycles. The molecule has 180 valence electrons. The number of fused-ring (bicyclic) bond motifs is 2. The van der Waals surface area contributed by atoms with Crippen molar-refractivity contribution in [1.29, 1.82) is 0 Å². The second-order valence-electron chi connectivity index (χ2n) is 8.46. The summed E-state index contributed by atoms with van der Waals surface area (Å²) in [5, 5.41) is 10.5. The van der Waals surface area contributed by atoms with Crippen molar-refractivity contribution in [1.82, 2.24) is 30.2 Å². The van der Waals surface area contributed by atoms with E-state index in [0.29, 0.717) is 17.0 Å². The first-order valence-corrected chi connectivity index (χ1v) is 12.1. The zero-order valence-corrected chi connectivity index (χ0v) is 20.3. The molecule has 2 amide bonds. The van der Waals surface area contributed by atoms with Gasteiger partial charge in [0, 0.05) is 16.5 Å². The number of nitrogens with one attached hydrogen (secondary N) is 2. The molecule has 3 heterocycles. The third-order valence-corrected chi connectivity index (χ3v) is 7.25. The Morgan fingerprint density at radius 3 is 2.81 bits per heavy atom. The maximum Gasteiger partial charge on any atom is 0.270 e. The summed E-state index contributed by atoms with van der Waals surface area (Å²) in [6.07, 6.45) is 2.74. The Labute approximate surface area is 210 Å². The summed E-state index contributed by atoms with van der Waals surface area (Å²) in [5.74, 6) is -0.725. The van der Waals surface area contributed by atoms with Crippen LogP contribution in [0, 0.1) is 13.5 Å². The number of hydrogen-bond donors (Lipinski definition) is 2. The molecule has 0 spiro atoms. The number of benzene rings is 1. The van der Waals surface area contributed by atoms with E-state index in [-0.39, 0.29) is 35.5 Å². The highest BCUT2D eigenvalue weighted by atomic mass is 32.1. The van der Waals surface area contributed by atoms with Gasteiger partial charge in [-0.1, -0.05) is 18.2 Å². The number of Topliss-reactive ketones (excluding diaryl/α,β-unsaturated/α-hetero) is 1. The van der Waals surface area contributed by atoms with E-state index >= 15 is 0 Å². The van der Waals surface area contributed by atoms with Crippen molar-refractivity contribution in [2.24, 2.45) is 0 Å². The summed E-state index contributed by atoms with van der Waals surface area (Å²) in [6.45, 7) is 10.8. The van der Waals surface area contributed by atoms with Gasteiger partial charge in [-0.15, -0.1) is 0 Å². The summed E-state index contributed by atoms with van der Waals surface area (Å²) in [4.78, 5) is 50.6. The van der Waals surface area contributed by atoms with E-state index < -0.39 is 11.8 Å². The van der Waals surface area contributed by atoms with Crippen LogP contribution in [0.3, 0.4) is 0 Å². The maximum absolute atomic E-state index is 13.3. The smallest absolute Gasteiger partial charge is 0.270 e. The van der Waals surface area contributed by atoms with E-state index in [2.05, 4.69) is 30.5 Å². The topological polar surface area (TPSA) is 123 Å². The highest BCUT2D eigenvalue weighted by Crippen LogP contribution is 2.35. The molecule has 0 unspecified atom stereocenters. The van der Waals surface area contributed by atoms with Gasteiger partial charge in [0.2, 0.25) is 5.00 Å². The number of carbonyl (C=O) groups is 3. The van der Waals surface area contributed by atoms with Crippen LogP contribution in [0.25, 0.3) is 10.6 Å². The number of nitrogens with zero attached hydrogens (tertiary/aromatic N) is 5. The molecule has 2 N–H and O–H groups in total. The predicted molar refractivity (Wildman–Crippen MR) is 132 cm³/mol. The lowest BCUT2D eigenvalue weighted by Crippen LogP contribution is -2.30. The van der Waals surface area contributed by atoms with Gasteiger partial charge in [0.1, 0.15) is 17.7 Å². The van der Waals surface area contributed by atoms with Crippen molar-refractivity contribution in [2.75, 3.05) is 0 Å². The molecule has 0 bridgehead atoms. The molecule has 0 radical (unpaired) electrons. The highest BCUT2D eigenvalue weighted by Gasteiger charge is 2.28. The first-order chi connectivity index (χ1) is 17.4. The van der Waals surface area contributed by atoms with Gasteiger partial charge < -0.3 is 10.6 Å². The molecule has 1 aliphatic carbocycles. The lowest BCUT2D eigenvalue weighted by molar-refractivity contribution is 0.0927. The van der Waals surface area contributed by atoms with Crippen LogP contribution in [-0.4, -0.2) is 37.2 Å². The van der Waals surface area contributed by atoms with Gasteiger partial charge in [-0.2, -0.15) is 25.9 Å². The molecule has 4 aromatic rings. The molecular weight excluding hydrogens is 478 g/mol. The number of aromatic nitrogens is 4. The van der Waals surface area contributed by atoms with Crippen LogP contribution in [0.1, 0.15) is 72.3 Å². The van der Waals surface area contributed by atoms with Crippen LogP contribution < -0.4 is 10.6 Å². The Balaban J connectivity index is 1.38. The maximum atomic E-state index is 13.3. The van der Waals surface area contributed by atoms with E-state index in [9.17, 15) is 14.4 Å². The third-order valence-electron chi connectivity index (χ3n) is 6.28. The van der Waals surface area contributed by atoms with Crippen molar-refractivity contribution >= 4 is 39.7 Å². The van der Waals surface area contributed by atoms with Crippen LogP contribution in [0.15, 0.2) is 36.7 Å². The van der Waals surface area contributed by atoms with Crippen LogP contribution in [-0.2, 0) is 13.0 Å². The quantitative estimate of drug-likeness (QED) is 0.309. The SMILES string of the molecule is [C-]#[N+]c1ccc(CNC(=O)c2cc(C(=O)N[C@H]3CCc4c3ccc(C(C)=O)c4C)n3ncnc3n2)s1. The van der Waals surface area contributed by atoms with Gasteiger partial charge in [-0.3, -0.25) is 14.4 Å². The van der Waals surface area contributed by atoms with Crippen molar-refractivity contribution in [2.45, 2.75) is 39.3 Å². The summed E-state index contributed by atoms with van der Waals surface area (Å²) < 4.78 is 1.30. The zero-order valence-electron chi connectivity index (χ0n) is 19.5. The Morgan fingerprint density at radius 1 is 1.22 bits per heavy atom. The number of hydrogen-bond acceptors (Lipinski definition) is 7. The van der Waals surface area contributed by atoms with Crippen LogP contribution in [0.5, 0.6) is 0 Å². The monoisotopic (exact) mass is 499 g/mol. The van der Waals surface area contributed by atoms with Crippen LogP contribution >= 0.6 is 11.3 Å².